The average molecular weight is 302 g/mol. The lowest BCUT2D eigenvalue weighted by Crippen LogP contribution is -2.30. The number of para-hydroxylation sites is 1. The van der Waals surface area contributed by atoms with Crippen LogP contribution >= 0.6 is 0 Å². The lowest BCUT2D eigenvalue weighted by atomic mass is 10.1. The maximum atomic E-state index is 12.1. The Labute approximate surface area is 117 Å². The molecule has 0 unspecified atom stereocenters. The monoisotopic (exact) mass is 302 g/mol. The van der Waals surface area contributed by atoms with Crippen molar-refractivity contribution in [1.82, 2.24) is 5.43 Å². The first-order valence-electron chi connectivity index (χ1n) is 6.08. The van der Waals surface area contributed by atoms with Crippen LogP contribution in [0.4, 0.5) is 13.2 Å². The first-order chi connectivity index (χ1) is 9.92. The molecule has 0 aliphatic carbocycles. The maximum Gasteiger partial charge on any atom is 0.391 e. The summed E-state index contributed by atoms with van der Waals surface area (Å²) in [4.78, 5) is 11.6. The minimum Gasteiger partial charge on any atom is -0.450 e. The molecule has 0 bridgehead atoms. The normalized spacial score (nSPS) is 11.8. The third-order valence-corrected chi connectivity index (χ3v) is 2.81. The molecule has 21 heavy (non-hydrogen) atoms. The molecule has 0 spiro atoms. The summed E-state index contributed by atoms with van der Waals surface area (Å²) < 4.78 is 46.5. The van der Waals surface area contributed by atoms with E-state index in [0.717, 1.165) is 0 Å². The van der Waals surface area contributed by atoms with Gasteiger partial charge in [0.25, 0.3) is 0 Å². The minimum absolute atomic E-state index is 0.0642. The highest BCUT2D eigenvalue weighted by molar-refractivity contribution is 5.98. The van der Waals surface area contributed by atoms with E-state index < -0.39 is 25.1 Å². The van der Waals surface area contributed by atoms with Crippen molar-refractivity contribution in [2.75, 3.05) is 6.61 Å². The van der Waals surface area contributed by atoms with E-state index in [-0.39, 0.29) is 12.4 Å². The van der Waals surface area contributed by atoms with Gasteiger partial charge in [-0.3, -0.25) is 10.2 Å². The third kappa shape index (κ3) is 3.73. The molecule has 0 aliphatic heterocycles. The SMILES string of the molecule is NNC(=O)c1oc2ccccc2c1COCCC(F)(F)F. The molecule has 3 N–H and O–H groups in total. The van der Waals surface area contributed by atoms with Gasteiger partial charge in [0.05, 0.1) is 19.6 Å². The Morgan fingerprint density at radius 2 is 2.05 bits per heavy atom. The Hall–Kier alpha value is -2.06. The Morgan fingerprint density at radius 1 is 1.33 bits per heavy atom. The van der Waals surface area contributed by atoms with E-state index in [2.05, 4.69) is 0 Å². The highest BCUT2D eigenvalue weighted by Crippen LogP contribution is 2.27. The number of rotatable bonds is 5. The van der Waals surface area contributed by atoms with E-state index in [1.54, 1.807) is 24.3 Å². The van der Waals surface area contributed by atoms with Crippen LogP contribution in [0.15, 0.2) is 28.7 Å². The van der Waals surface area contributed by atoms with E-state index in [4.69, 9.17) is 15.0 Å². The largest absolute Gasteiger partial charge is 0.450 e. The van der Waals surface area contributed by atoms with Gasteiger partial charge in [-0.05, 0) is 6.07 Å². The fourth-order valence-corrected chi connectivity index (χ4v) is 1.85. The lowest BCUT2D eigenvalue weighted by Gasteiger charge is -2.07. The first-order valence-corrected chi connectivity index (χ1v) is 6.08. The highest BCUT2D eigenvalue weighted by Gasteiger charge is 2.27. The quantitative estimate of drug-likeness (QED) is 0.385. The first kappa shape index (κ1) is 15.3. The summed E-state index contributed by atoms with van der Waals surface area (Å²) in [6, 6.07) is 6.77. The molecule has 0 aliphatic rings. The number of carbonyl (C=O) groups is 1. The van der Waals surface area contributed by atoms with Crippen LogP contribution in [0.2, 0.25) is 0 Å². The molecular formula is C13H13F3N2O3. The van der Waals surface area contributed by atoms with Crippen LogP contribution in [0, 0.1) is 0 Å². The Morgan fingerprint density at radius 3 is 2.71 bits per heavy atom. The number of benzene rings is 1. The van der Waals surface area contributed by atoms with Crippen molar-refractivity contribution in [3.63, 3.8) is 0 Å². The molecule has 1 heterocycles. The van der Waals surface area contributed by atoms with Crippen LogP contribution in [0.1, 0.15) is 22.5 Å². The highest BCUT2D eigenvalue weighted by atomic mass is 19.4. The summed E-state index contributed by atoms with van der Waals surface area (Å²) >= 11 is 0. The van der Waals surface area contributed by atoms with E-state index in [0.29, 0.717) is 16.5 Å². The predicted molar refractivity (Wildman–Crippen MR) is 68.2 cm³/mol. The fraction of sp³-hybridized carbons (Fsp3) is 0.308. The zero-order valence-corrected chi connectivity index (χ0v) is 10.9. The van der Waals surface area contributed by atoms with E-state index in [1.165, 1.54) is 0 Å². The van der Waals surface area contributed by atoms with Crippen LogP contribution < -0.4 is 11.3 Å². The predicted octanol–water partition coefficient (Wildman–Crippen LogP) is 2.51. The second-order valence-electron chi connectivity index (χ2n) is 4.30. The summed E-state index contributed by atoms with van der Waals surface area (Å²) in [5.41, 5.74) is 2.74. The van der Waals surface area contributed by atoms with E-state index in [9.17, 15) is 18.0 Å². The number of hydrogen-bond acceptors (Lipinski definition) is 4. The topological polar surface area (TPSA) is 77.5 Å². The van der Waals surface area contributed by atoms with Gasteiger partial charge >= 0.3 is 12.1 Å². The molecule has 2 rings (SSSR count). The zero-order chi connectivity index (χ0) is 15.5. The molecule has 1 aromatic heterocycles. The molecule has 5 nitrogen and oxygen atoms in total. The van der Waals surface area contributed by atoms with Gasteiger partial charge in [-0.25, -0.2) is 5.84 Å². The summed E-state index contributed by atoms with van der Waals surface area (Å²) in [6.45, 7) is -0.664. The molecule has 0 radical (unpaired) electrons. The number of alkyl halides is 3. The molecule has 1 aromatic carbocycles. The number of nitrogen functional groups attached to an aromatic ring is 1. The van der Waals surface area contributed by atoms with Crippen LogP contribution in [0.5, 0.6) is 0 Å². The van der Waals surface area contributed by atoms with Gasteiger partial charge in [0, 0.05) is 10.9 Å². The van der Waals surface area contributed by atoms with Crippen molar-refractivity contribution in [3.05, 3.63) is 35.6 Å². The summed E-state index contributed by atoms with van der Waals surface area (Å²) in [6.07, 6.45) is -5.34. The average Bonchev–Trinajstić information content (AvgIpc) is 2.80. The number of amides is 1. The number of ether oxygens (including phenoxy) is 1. The molecule has 0 saturated carbocycles. The second kappa shape index (κ2) is 6.15. The number of carbonyl (C=O) groups excluding carboxylic acids is 1. The Bertz CT molecular complexity index is 637. The summed E-state index contributed by atoms with van der Waals surface area (Å²) in [7, 11) is 0. The van der Waals surface area contributed by atoms with Crippen LogP contribution in [-0.2, 0) is 11.3 Å². The number of hydrazine groups is 1. The molecule has 1 amide bonds. The van der Waals surface area contributed by atoms with Gasteiger partial charge in [0.2, 0.25) is 0 Å². The van der Waals surface area contributed by atoms with Crippen molar-refractivity contribution in [2.45, 2.75) is 19.2 Å². The minimum atomic E-state index is -4.28. The van der Waals surface area contributed by atoms with Crippen molar-refractivity contribution < 1.29 is 27.1 Å². The summed E-state index contributed by atoms with van der Waals surface area (Å²) in [5.74, 6) is 4.33. The van der Waals surface area contributed by atoms with Gasteiger partial charge in [-0.2, -0.15) is 13.2 Å². The smallest absolute Gasteiger partial charge is 0.391 e. The maximum absolute atomic E-state index is 12.1. The molecule has 114 valence electrons. The number of fused-ring (bicyclic) bond motifs is 1. The number of furan rings is 1. The van der Waals surface area contributed by atoms with Gasteiger partial charge in [0.15, 0.2) is 5.76 Å². The molecule has 0 saturated heterocycles. The van der Waals surface area contributed by atoms with Crippen LogP contribution in [0.3, 0.4) is 0 Å². The standard InChI is InChI=1S/C13H13F3N2O3/c14-13(15,16)5-6-20-7-9-8-3-1-2-4-10(8)21-11(9)12(19)18-17/h1-4H,5-7,17H2,(H,18,19). The summed E-state index contributed by atoms with van der Waals surface area (Å²) in [5, 5.41) is 0.600. The molecule has 2 aromatic rings. The number of nitrogens with two attached hydrogens (primary N) is 1. The van der Waals surface area contributed by atoms with Crippen LogP contribution in [0.25, 0.3) is 11.0 Å². The Kier molecular flexibility index (Phi) is 4.49. The van der Waals surface area contributed by atoms with Gasteiger partial charge in [-0.1, -0.05) is 18.2 Å². The van der Waals surface area contributed by atoms with E-state index in [1.807, 2.05) is 5.43 Å². The second-order valence-corrected chi connectivity index (χ2v) is 4.30. The van der Waals surface area contributed by atoms with E-state index >= 15 is 0 Å². The lowest BCUT2D eigenvalue weighted by molar-refractivity contribution is -0.146. The number of hydrogen-bond donors (Lipinski definition) is 2. The van der Waals surface area contributed by atoms with Gasteiger partial charge in [-0.15, -0.1) is 0 Å². The zero-order valence-electron chi connectivity index (χ0n) is 10.9. The molecule has 0 atom stereocenters. The molecule has 0 fully saturated rings. The number of halogens is 3. The third-order valence-electron chi connectivity index (χ3n) is 2.81. The van der Waals surface area contributed by atoms with Crippen molar-refractivity contribution in [1.29, 1.82) is 0 Å². The Balaban J connectivity index is 2.18. The molecular weight excluding hydrogens is 289 g/mol. The molecule has 8 heteroatoms. The van der Waals surface area contributed by atoms with Crippen molar-refractivity contribution >= 4 is 16.9 Å². The van der Waals surface area contributed by atoms with Gasteiger partial charge in [0.1, 0.15) is 5.58 Å². The van der Waals surface area contributed by atoms with Crippen LogP contribution in [-0.4, -0.2) is 18.7 Å². The van der Waals surface area contributed by atoms with Crippen molar-refractivity contribution in [3.8, 4) is 0 Å². The fourth-order valence-electron chi connectivity index (χ4n) is 1.85. The van der Waals surface area contributed by atoms with Crippen molar-refractivity contribution in [2.24, 2.45) is 5.84 Å². The number of nitrogens with one attached hydrogen (secondary N) is 1. The van der Waals surface area contributed by atoms with Gasteiger partial charge < -0.3 is 9.15 Å².